The number of nitrogens with one attached hydrogen (secondary N) is 2. The number of aromatic amines is 2. The summed E-state index contributed by atoms with van der Waals surface area (Å²) in [6, 6.07) is 10.2. The lowest BCUT2D eigenvalue weighted by molar-refractivity contribution is 0.412. The molecule has 3 aromatic rings. The highest BCUT2D eigenvalue weighted by Gasteiger charge is 2.02. The molecule has 0 amide bonds. The molecule has 0 aliphatic carbocycles. The number of hydrogen-bond donors (Lipinski definition) is 3. The molecule has 1 heterocycles. The largest absolute Gasteiger partial charge is 0.507 e. The number of ether oxygens (including phenoxy) is 1. The van der Waals surface area contributed by atoms with E-state index < -0.39 is 0 Å². The van der Waals surface area contributed by atoms with E-state index in [9.17, 15) is 9.90 Å². The van der Waals surface area contributed by atoms with Crippen molar-refractivity contribution in [3.63, 3.8) is 0 Å². The lowest BCUT2D eigenvalue weighted by atomic mass is 10.2. The van der Waals surface area contributed by atoms with E-state index in [2.05, 4.69) is 15.0 Å². The van der Waals surface area contributed by atoms with Crippen molar-refractivity contribution < 1.29 is 9.84 Å². The van der Waals surface area contributed by atoms with Gasteiger partial charge < -0.3 is 19.8 Å². The zero-order chi connectivity index (χ0) is 14.8. The number of benzene rings is 2. The van der Waals surface area contributed by atoms with Crippen LogP contribution in [0.15, 0.2) is 46.2 Å². The fraction of sp³-hybridized carbons (Fsp3) is 0.0667. The maximum absolute atomic E-state index is 11.2. The molecule has 3 rings (SSSR count). The van der Waals surface area contributed by atoms with Crippen LogP contribution in [0.2, 0.25) is 0 Å². The molecule has 21 heavy (non-hydrogen) atoms. The van der Waals surface area contributed by atoms with Crippen LogP contribution in [-0.4, -0.2) is 28.4 Å². The Hall–Kier alpha value is -3.02. The molecule has 0 spiro atoms. The van der Waals surface area contributed by atoms with Gasteiger partial charge in [-0.25, -0.2) is 4.79 Å². The Morgan fingerprint density at radius 2 is 1.95 bits per heavy atom. The van der Waals surface area contributed by atoms with Crippen LogP contribution in [0.4, 0.5) is 5.69 Å². The summed E-state index contributed by atoms with van der Waals surface area (Å²) >= 11 is 0. The third kappa shape index (κ3) is 2.64. The molecule has 6 nitrogen and oxygen atoms in total. The van der Waals surface area contributed by atoms with E-state index in [1.54, 1.807) is 49.7 Å². The quantitative estimate of drug-likeness (QED) is 0.644. The Kier molecular flexibility index (Phi) is 3.19. The minimum atomic E-state index is -0.253. The van der Waals surface area contributed by atoms with Gasteiger partial charge >= 0.3 is 5.69 Å². The molecule has 0 unspecified atom stereocenters. The first kappa shape index (κ1) is 13.0. The molecule has 0 aliphatic rings. The van der Waals surface area contributed by atoms with Gasteiger partial charge in [0.25, 0.3) is 0 Å². The van der Waals surface area contributed by atoms with Crippen molar-refractivity contribution in [1.29, 1.82) is 0 Å². The van der Waals surface area contributed by atoms with E-state index >= 15 is 0 Å². The SMILES string of the molecule is COc1ccc(O)c(C=Nc2ccc3[nH]c(=O)[nH]c3c2)c1. The number of H-pyrrole nitrogens is 2. The first-order valence-electron chi connectivity index (χ1n) is 6.29. The molecule has 1 aromatic heterocycles. The maximum atomic E-state index is 11.2. The number of fused-ring (bicyclic) bond motifs is 1. The molecule has 2 aromatic carbocycles. The first-order valence-corrected chi connectivity index (χ1v) is 6.29. The summed E-state index contributed by atoms with van der Waals surface area (Å²) in [5.41, 5.74) is 2.38. The second kappa shape index (κ2) is 5.16. The van der Waals surface area contributed by atoms with Crippen molar-refractivity contribution in [2.75, 3.05) is 7.11 Å². The number of aliphatic imine (C=N–C) groups is 1. The van der Waals surface area contributed by atoms with Gasteiger partial charge in [-0.05, 0) is 36.4 Å². The van der Waals surface area contributed by atoms with Gasteiger partial charge in [0.15, 0.2) is 0 Å². The van der Waals surface area contributed by atoms with Crippen LogP contribution < -0.4 is 10.4 Å². The highest BCUT2D eigenvalue weighted by Crippen LogP contribution is 2.23. The number of rotatable bonds is 3. The van der Waals surface area contributed by atoms with Crippen LogP contribution in [0.3, 0.4) is 0 Å². The Balaban J connectivity index is 1.95. The summed E-state index contributed by atoms with van der Waals surface area (Å²) in [6.07, 6.45) is 1.55. The molecule has 0 atom stereocenters. The van der Waals surface area contributed by atoms with Gasteiger partial charge in [0, 0.05) is 11.8 Å². The lowest BCUT2D eigenvalue weighted by Crippen LogP contribution is -1.99. The van der Waals surface area contributed by atoms with Crippen molar-refractivity contribution in [3.8, 4) is 11.5 Å². The minimum Gasteiger partial charge on any atom is -0.507 e. The van der Waals surface area contributed by atoms with Crippen LogP contribution in [-0.2, 0) is 0 Å². The fourth-order valence-electron chi connectivity index (χ4n) is 2.01. The maximum Gasteiger partial charge on any atom is 0.323 e. The summed E-state index contributed by atoms with van der Waals surface area (Å²) in [5.74, 6) is 0.760. The molecular weight excluding hydrogens is 270 g/mol. The summed E-state index contributed by atoms with van der Waals surface area (Å²) in [7, 11) is 1.56. The van der Waals surface area contributed by atoms with Crippen molar-refractivity contribution in [2.24, 2.45) is 4.99 Å². The number of methoxy groups -OCH3 is 1. The van der Waals surface area contributed by atoms with Crippen molar-refractivity contribution in [1.82, 2.24) is 9.97 Å². The molecule has 106 valence electrons. The number of phenolic OH excluding ortho intramolecular Hbond substituents is 1. The summed E-state index contributed by atoms with van der Waals surface area (Å²) in [6.45, 7) is 0. The van der Waals surface area contributed by atoms with Crippen LogP contribution in [0, 0.1) is 0 Å². The second-order valence-electron chi connectivity index (χ2n) is 4.49. The van der Waals surface area contributed by atoms with Gasteiger partial charge in [0.05, 0.1) is 23.8 Å². The second-order valence-corrected chi connectivity index (χ2v) is 4.49. The number of nitrogens with zero attached hydrogens (tertiary/aromatic N) is 1. The highest BCUT2D eigenvalue weighted by molar-refractivity contribution is 5.87. The van der Waals surface area contributed by atoms with Gasteiger partial charge in [0.1, 0.15) is 11.5 Å². The van der Waals surface area contributed by atoms with Gasteiger partial charge in [0.2, 0.25) is 0 Å². The van der Waals surface area contributed by atoms with Crippen LogP contribution in [0.5, 0.6) is 11.5 Å². The standard InChI is InChI=1S/C15H13N3O3/c1-21-11-3-5-14(19)9(6-11)8-16-10-2-4-12-13(7-10)18-15(20)17-12/h2-8,19H,1H3,(H2,17,18,20). The monoisotopic (exact) mass is 283 g/mol. The number of imidazole rings is 1. The third-order valence-corrected chi connectivity index (χ3v) is 3.09. The molecule has 3 N–H and O–H groups in total. The number of aromatic nitrogens is 2. The molecule has 0 fully saturated rings. The fourth-order valence-corrected chi connectivity index (χ4v) is 2.01. The Bertz CT molecular complexity index is 877. The minimum absolute atomic E-state index is 0.121. The van der Waals surface area contributed by atoms with Gasteiger partial charge in [-0.15, -0.1) is 0 Å². The van der Waals surface area contributed by atoms with Gasteiger partial charge in [-0.2, -0.15) is 0 Å². The number of aromatic hydroxyl groups is 1. The zero-order valence-electron chi connectivity index (χ0n) is 11.3. The smallest absolute Gasteiger partial charge is 0.323 e. The third-order valence-electron chi connectivity index (χ3n) is 3.09. The topological polar surface area (TPSA) is 90.5 Å². The average Bonchev–Trinajstić information content (AvgIpc) is 2.85. The summed E-state index contributed by atoms with van der Waals surface area (Å²) in [4.78, 5) is 20.8. The van der Waals surface area contributed by atoms with Crippen molar-refractivity contribution >= 4 is 22.9 Å². The normalized spacial score (nSPS) is 11.3. The van der Waals surface area contributed by atoms with E-state index in [0.717, 1.165) is 5.52 Å². The molecule has 0 aliphatic heterocycles. The Labute approximate surface area is 119 Å². The Morgan fingerprint density at radius 1 is 1.14 bits per heavy atom. The van der Waals surface area contributed by atoms with E-state index in [0.29, 0.717) is 22.5 Å². The zero-order valence-corrected chi connectivity index (χ0v) is 11.3. The van der Waals surface area contributed by atoms with E-state index in [-0.39, 0.29) is 11.4 Å². The van der Waals surface area contributed by atoms with Crippen LogP contribution in [0.25, 0.3) is 11.0 Å². The predicted octanol–water partition coefficient (Wildman–Crippen LogP) is 2.32. The van der Waals surface area contributed by atoms with Crippen molar-refractivity contribution in [3.05, 3.63) is 52.4 Å². The summed E-state index contributed by atoms with van der Waals surface area (Å²) in [5, 5.41) is 9.78. The molecule has 0 saturated heterocycles. The van der Waals surface area contributed by atoms with Crippen LogP contribution in [0.1, 0.15) is 5.56 Å². The molecular formula is C15H13N3O3. The number of phenols is 1. The highest BCUT2D eigenvalue weighted by atomic mass is 16.5. The van der Waals surface area contributed by atoms with E-state index in [1.165, 1.54) is 0 Å². The number of hydrogen-bond acceptors (Lipinski definition) is 4. The molecule has 6 heteroatoms. The lowest BCUT2D eigenvalue weighted by Gasteiger charge is -2.02. The molecule has 0 radical (unpaired) electrons. The van der Waals surface area contributed by atoms with Gasteiger partial charge in [-0.3, -0.25) is 4.99 Å². The molecule has 0 saturated carbocycles. The molecule has 0 bridgehead atoms. The van der Waals surface area contributed by atoms with Gasteiger partial charge in [-0.1, -0.05) is 0 Å². The van der Waals surface area contributed by atoms with Crippen molar-refractivity contribution in [2.45, 2.75) is 0 Å². The Morgan fingerprint density at radius 3 is 2.76 bits per heavy atom. The van der Waals surface area contributed by atoms with E-state index in [4.69, 9.17) is 4.74 Å². The van der Waals surface area contributed by atoms with E-state index in [1.807, 2.05) is 0 Å². The summed E-state index contributed by atoms with van der Waals surface area (Å²) < 4.78 is 5.11. The predicted molar refractivity (Wildman–Crippen MR) is 80.8 cm³/mol. The first-order chi connectivity index (χ1) is 10.2. The van der Waals surface area contributed by atoms with Crippen LogP contribution >= 0.6 is 0 Å². The average molecular weight is 283 g/mol.